The Labute approximate surface area is 179 Å². The molecule has 5 nitrogen and oxygen atoms in total. The molecule has 2 unspecified atom stereocenters. The van der Waals surface area contributed by atoms with Crippen molar-refractivity contribution in [1.82, 2.24) is 20.2 Å². The standard InChI is InChI=1S/C19H23F3N4O.2ClH/c1-10(2)26-16-6-3-11(7-15(16)25-18(26)19(20,21)22)17(27)24-14-8-12-4-5-13(9-14)23-12;;/h3,6-7,10,12-14,23H,4-5,8-9H2,1-2H3,(H,24,27);2*1H. The zero-order valence-corrected chi connectivity index (χ0v) is 17.8. The average molecular weight is 453 g/mol. The van der Waals surface area contributed by atoms with Crippen LogP contribution in [0, 0.1) is 0 Å². The van der Waals surface area contributed by atoms with E-state index in [-0.39, 0.29) is 42.3 Å². The Balaban J connectivity index is 0.00000150. The summed E-state index contributed by atoms with van der Waals surface area (Å²) < 4.78 is 41.1. The molecule has 0 spiro atoms. The number of halogens is 5. The summed E-state index contributed by atoms with van der Waals surface area (Å²) in [4.78, 5) is 16.4. The lowest BCUT2D eigenvalue weighted by atomic mass is 9.99. The van der Waals surface area contributed by atoms with Gasteiger partial charge in [-0.15, -0.1) is 24.8 Å². The highest BCUT2D eigenvalue weighted by Crippen LogP contribution is 2.34. The zero-order valence-electron chi connectivity index (χ0n) is 16.1. The molecule has 1 aromatic carbocycles. The van der Waals surface area contributed by atoms with Crippen LogP contribution >= 0.6 is 24.8 Å². The van der Waals surface area contributed by atoms with Gasteiger partial charge in [0.05, 0.1) is 11.0 Å². The smallest absolute Gasteiger partial charge is 0.349 e. The quantitative estimate of drug-likeness (QED) is 0.720. The number of nitrogens with one attached hydrogen (secondary N) is 2. The number of imidazole rings is 1. The van der Waals surface area contributed by atoms with Gasteiger partial charge in [0, 0.05) is 29.7 Å². The van der Waals surface area contributed by atoms with Gasteiger partial charge < -0.3 is 15.2 Å². The number of amides is 1. The fourth-order valence-corrected chi connectivity index (χ4v) is 4.41. The lowest BCUT2D eigenvalue weighted by Crippen LogP contribution is -2.48. The van der Waals surface area contributed by atoms with E-state index in [1.54, 1.807) is 26.0 Å². The van der Waals surface area contributed by atoms with Crippen LogP contribution in [0.2, 0.25) is 0 Å². The normalized spacial score (nSPS) is 23.6. The topological polar surface area (TPSA) is 59.0 Å². The van der Waals surface area contributed by atoms with E-state index in [2.05, 4.69) is 15.6 Å². The molecule has 2 saturated heterocycles. The van der Waals surface area contributed by atoms with Crippen LogP contribution in [0.1, 0.15) is 61.8 Å². The highest BCUT2D eigenvalue weighted by atomic mass is 35.5. The summed E-state index contributed by atoms with van der Waals surface area (Å²) in [6.45, 7) is 3.37. The molecule has 2 N–H and O–H groups in total. The lowest BCUT2D eigenvalue weighted by Gasteiger charge is -2.29. The first-order chi connectivity index (χ1) is 12.7. The number of rotatable bonds is 3. The molecule has 2 aromatic rings. The highest BCUT2D eigenvalue weighted by molar-refractivity contribution is 5.97. The van der Waals surface area contributed by atoms with E-state index in [9.17, 15) is 18.0 Å². The van der Waals surface area contributed by atoms with Gasteiger partial charge in [0.1, 0.15) is 0 Å². The fraction of sp³-hybridized carbons (Fsp3) is 0.579. The Hall–Kier alpha value is -1.51. The van der Waals surface area contributed by atoms with Crippen molar-refractivity contribution in [2.24, 2.45) is 0 Å². The first kappa shape index (κ1) is 23.8. The van der Waals surface area contributed by atoms with E-state index in [1.807, 2.05) is 0 Å². The number of carbonyl (C=O) groups excluding carboxylic acids is 1. The molecule has 0 saturated carbocycles. The van der Waals surface area contributed by atoms with Crippen molar-refractivity contribution < 1.29 is 18.0 Å². The largest absolute Gasteiger partial charge is 0.449 e. The summed E-state index contributed by atoms with van der Waals surface area (Å²) in [5.41, 5.74) is 0.915. The molecular weight excluding hydrogens is 428 g/mol. The van der Waals surface area contributed by atoms with Gasteiger partial charge in [0.2, 0.25) is 5.82 Å². The summed E-state index contributed by atoms with van der Waals surface area (Å²) >= 11 is 0. The minimum Gasteiger partial charge on any atom is -0.349 e. The third kappa shape index (κ3) is 4.64. The molecule has 1 aromatic heterocycles. The van der Waals surface area contributed by atoms with Gasteiger partial charge in [-0.1, -0.05) is 0 Å². The molecule has 2 aliphatic heterocycles. The van der Waals surface area contributed by atoms with E-state index in [0.717, 1.165) is 25.7 Å². The van der Waals surface area contributed by atoms with Crippen molar-refractivity contribution in [2.75, 3.05) is 0 Å². The molecule has 2 atom stereocenters. The van der Waals surface area contributed by atoms with Crippen LogP contribution in [-0.4, -0.2) is 33.6 Å². The van der Waals surface area contributed by atoms with Crippen LogP contribution in [0.15, 0.2) is 18.2 Å². The molecule has 162 valence electrons. The molecule has 3 heterocycles. The summed E-state index contributed by atoms with van der Waals surface area (Å²) in [6.07, 6.45) is -0.485. The van der Waals surface area contributed by atoms with Crippen molar-refractivity contribution in [1.29, 1.82) is 0 Å². The van der Waals surface area contributed by atoms with Crippen molar-refractivity contribution in [3.63, 3.8) is 0 Å². The van der Waals surface area contributed by atoms with Crippen LogP contribution in [0.5, 0.6) is 0 Å². The summed E-state index contributed by atoms with van der Waals surface area (Å²) in [6, 6.07) is 5.20. The summed E-state index contributed by atoms with van der Waals surface area (Å²) in [7, 11) is 0. The number of aromatic nitrogens is 2. The predicted molar refractivity (Wildman–Crippen MR) is 110 cm³/mol. The first-order valence-corrected chi connectivity index (χ1v) is 9.38. The molecule has 0 aliphatic carbocycles. The molecule has 4 rings (SSSR count). The molecule has 29 heavy (non-hydrogen) atoms. The molecule has 10 heteroatoms. The Kier molecular flexibility index (Phi) is 7.13. The number of fused-ring (bicyclic) bond motifs is 3. The average Bonchev–Trinajstić information content (AvgIpc) is 3.14. The molecule has 2 fully saturated rings. The number of nitrogens with zero attached hydrogens (tertiary/aromatic N) is 2. The van der Waals surface area contributed by atoms with Gasteiger partial charge in [-0.25, -0.2) is 4.98 Å². The minimum atomic E-state index is -4.54. The van der Waals surface area contributed by atoms with Gasteiger partial charge in [-0.2, -0.15) is 13.2 Å². The lowest BCUT2D eigenvalue weighted by molar-refractivity contribution is -0.147. The van der Waals surface area contributed by atoms with Crippen LogP contribution in [-0.2, 0) is 6.18 Å². The molecule has 2 bridgehead atoms. The van der Waals surface area contributed by atoms with Gasteiger partial charge in [-0.3, -0.25) is 4.79 Å². The van der Waals surface area contributed by atoms with E-state index < -0.39 is 18.0 Å². The Morgan fingerprint density at radius 2 is 1.83 bits per heavy atom. The number of benzene rings is 1. The van der Waals surface area contributed by atoms with E-state index >= 15 is 0 Å². The number of piperidine rings is 1. The zero-order chi connectivity index (χ0) is 19.3. The molecule has 1 amide bonds. The maximum atomic E-state index is 13.3. The summed E-state index contributed by atoms with van der Waals surface area (Å²) in [5, 5.41) is 6.56. The van der Waals surface area contributed by atoms with Crippen molar-refractivity contribution in [3.8, 4) is 0 Å². The van der Waals surface area contributed by atoms with Crippen LogP contribution in [0.4, 0.5) is 13.2 Å². The van der Waals surface area contributed by atoms with Gasteiger partial charge in [-0.05, 0) is 57.7 Å². The van der Waals surface area contributed by atoms with Crippen molar-refractivity contribution in [2.45, 2.75) is 69.9 Å². The SMILES string of the molecule is CC(C)n1c(C(F)(F)F)nc2cc(C(=O)NC3CC4CCC(C3)N4)ccc21.Cl.Cl. The second kappa shape index (κ2) is 8.70. The fourth-order valence-electron chi connectivity index (χ4n) is 4.41. The Bertz CT molecular complexity index is 872. The number of hydrogen-bond acceptors (Lipinski definition) is 3. The van der Waals surface area contributed by atoms with E-state index in [1.165, 1.54) is 10.6 Å². The second-order valence-electron chi connectivity index (χ2n) is 7.88. The van der Waals surface area contributed by atoms with Gasteiger partial charge in [0.25, 0.3) is 5.91 Å². The number of alkyl halides is 3. The third-order valence-corrected chi connectivity index (χ3v) is 5.53. The minimum absolute atomic E-state index is 0. The molecular formula is C19H25Cl2F3N4O. The third-order valence-electron chi connectivity index (χ3n) is 5.53. The maximum Gasteiger partial charge on any atom is 0.449 e. The number of hydrogen-bond donors (Lipinski definition) is 2. The first-order valence-electron chi connectivity index (χ1n) is 9.38. The Morgan fingerprint density at radius 1 is 1.21 bits per heavy atom. The van der Waals surface area contributed by atoms with Crippen LogP contribution < -0.4 is 10.6 Å². The highest BCUT2D eigenvalue weighted by Gasteiger charge is 2.38. The monoisotopic (exact) mass is 452 g/mol. The number of carbonyl (C=O) groups is 1. The maximum absolute atomic E-state index is 13.3. The van der Waals surface area contributed by atoms with E-state index in [4.69, 9.17) is 0 Å². The van der Waals surface area contributed by atoms with Gasteiger partial charge >= 0.3 is 6.18 Å². The predicted octanol–water partition coefficient (Wildman–Crippen LogP) is 4.49. The van der Waals surface area contributed by atoms with E-state index in [0.29, 0.717) is 23.2 Å². The molecule has 0 radical (unpaired) electrons. The second-order valence-corrected chi connectivity index (χ2v) is 7.88. The van der Waals surface area contributed by atoms with Crippen molar-refractivity contribution >= 4 is 41.8 Å². The molecule has 2 aliphatic rings. The summed E-state index contributed by atoms with van der Waals surface area (Å²) in [5.74, 6) is -1.18. The van der Waals surface area contributed by atoms with Crippen LogP contribution in [0.25, 0.3) is 11.0 Å². The van der Waals surface area contributed by atoms with Crippen LogP contribution in [0.3, 0.4) is 0 Å². The Morgan fingerprint density at radius 3 is 2.38 bits per heavy atom. The van der Waals surface area contributed by atoms with Gasteiger partial charge in [0.15, 0.2) is 0 Å². The van der Waals surface area contributed by atoms with Crippen molar-refractivity contribution in [3.05, 3.63) is 29.6 Å².